The van der Waals surface area contributed by atoms with Gasteiger partial charge in [-0.1, -0.05) is 42.5 Å². The van der Waals surface area contributed by atoms with Gasteiger partial charge in [0, 0.05) is 17.8 Å². The molecule has 2 aromatic rings. The summed E-state index contributed by atoms with van der Waals surface area (Å²) in [5, 5.41) is 0. The highest BCUT2D eigenvalue weighted by atomic mass is 16.5. The number of benzene rings is 2. The number of hydrogen-bond acceptors (Lipinski definition) is 2. The number of hydrogen-bond donors (Lipinski definition) is 0. The van der Waals surface area contributed by atoms with Gasteiger partial charge in [0.15, 0.2) is 6.73 Å². The summed E-state index contributed by atoms with van der Waals surface area (Å²) >= 11 is 0. The first-order chi connectivity index (χ1) is 9.38. The van der Waals surface area contributed by atoms with Crippen LogP contribution < -0.4 is 9.64 Å². The van der Waals surface area contributed by atoms with E-state index in [1.165, 1.54) is 16.8 Å². The van der Waals surface area contributed by atoms with Crippen molar-refractivity contribution in [1.82, 2.24) is 0 Å². The van der Waals surface area contributed by atoms with Gasteiger partial charge >= 0.3 is 0 Å². The molecule has 0 aliphatic carbocycles. The minimum Gasteiger partial charge on any atom is -0.472 e. The van der Waals surface area contributed by atoms with Crippen LogP contribution >= 0.6 is 0 Å². The molecule has 0 saturated heterocycles. The van der Waals surface area contributed by atoms with Crippen LogP contribution in [0.1, 0.15) is 11.1 Å². The van der Waals surface area contributed by atoms with Crippen LogP contribution in [0.3, 0.4) is 0 Å². The van der Waals surface area contributed by atoms with E-state index in [0.717, 1.165) is 18.7 Å². The summed E-state index contributed by atoms with van der Waals surface area (Å²) in [7, 11) is 0. The SMILES string of the molecule is C=CCc1cccc2c1OCN(c1ccccc1)C2. The summed E-state index contributed by atoms with van der Waals surface area (Å²) in [4.78, 5) is 2.24. The summed E-state index contributed by atoms with van der Waals surface area (Å²) in [6, 6.07) is 16.7. The molecule has 0 atom stereocenters. The Morgan fingerprint density at radius 1 is 1.11 bits per heavy atom. The standard InChI is InChI=1S/C17H17NO/c1-2-7-14-8-6-9-15-12-18(13-19-17(14)15)16-10-4-3-5-11-16/h2-6,8-11H,1,7,12-13H2. The lowest BCUT2D eigenvalue weighted by atomic mass is 10.0. The van der Waals surface area contributed by atoms with Crippen LogP contribution in [0.4, 0.5) is 5.69 Å². The molecule has 0 spiro atoms. The molecule has 3 rings (SSSR count). The van der Waals surface area contributed by atoms with Gasteiger partial charge in [-0.25, -0.2) is 0 Å². The molecular formula is C17H17NO. The molecule has 19 heavy (non-hydrogen) atoms. The summed E-state index contributed by atoms with van der Waals surface area (Å²) in [5.41, 5.74) is 3.66. The maximum absolute atomic E-state index is 5.95. The largest absolute Gasteiger partial charge is 0.472 e. The lowest BCUT2D eigenvalue weighted by Crippen LogP contribution is -2.32. The summed E-state index contributed by atoms with van der Waals surface area (Å²) < 4.78 is 5.95. The van der Waals surface area contributed by atoms with Gasteiger partial charge in [-0.15, -0.1) is 6.58 Å². The Morgan fingerprint density at radius 2 is 1.95 bits per heavy atom. The first-order valence-electron chi connectivity index (χ1n) is 6.53. The molecule has 0 bridgehead atoms. The van der Waals surface area contributed by atoms with E-state index in [0.29, 0.717) is 6.73 Å². The van der Waals surface area contributed by atoms with Crippen molar-refractivity contribution in [3.8, 4) is 5.75 Å². The number of ether oxygens (including phenoxy) is 1. The van der Waals surface area contributed by atoms with Gasteiger partial charge in [-0.05, 0) is 24.1 Å². The Balaban J connectivity index is 1.89. The minimum atomic E-state index is 0.602. The Morgan fingerprint density at radius 3 is 2.74 bits per heavy atom. The van der Waals surface area contributed by atoms with Gasteiger partial charge in [0.05, 0.1) is 0 Å². The molecule has 96 valence electrons. The van der Waals surface area contributed by atoms with Crippen molar-refractivity contribution in [1.29, 1.82) is 0 Å². The topological polar surface area (TPSA) is 12.5 Å². The second-order valence-electron chi connectivity index (χ2n) is 4.71. The normalized spacial score (nSPS) is 13.6. The predicted molar refractivity (Wildman–Crippen MR) is 78.5 cm³/mol. The fraction of sp³-hybridized carbons (Fsp3) is 0.176. The highest BCUT2D eigenvalue weighted by Gasteiger charge is 2.19. The molecule has 1 aliphatic heterocycles. The van der Waals surface area contributed by atoms with Crippen LogP contribution in [0.5, 0.6) is 5.75 Å². The van der Waals surface area contributed by atoms with E-state index in [2.05, 4.69) is 53.9 Å². The molecule has 0 aromatic heterocycles. The van der Waals surface area contributed by atoms with E-state index < -0.39 is 0 Å². The average molecular weight is 251 g/mol. The monoisotopic (exact) mass is 251 g/mol. The molecule has 0 unspecified atom stereocenters. The van der Waals surface area contributed by atoms with Crippen LogP contribution in [0.15, 0.2) is 61.2 Å². The van der Waals surface area contributed by atoms with Crippen molar-refractivity contribution in [2.45, 2.75) is 13.0 Å². The van der Waals surface area contributed by atoms with E-state index in [1.54, 1.807) is 0 Å². The minimum absolute atomic E-state index is 0.602. The molecule has 0 amide bonds. The zero-order valence-electron chi connectivity index (χ0n) is 10.9. The number of nitrogens with zero attached hydrogens (tertiary/aromatic N) is 1. The smallest absolute Gasteiger partial charge is 0.161 e. The maximum atomic E-state index is 5.95. The lowest BCUT2D eigenvalue weighted by molar-refractivity contribution is 0.287. The van der Waals surface area contributed by atoms with E-state index in [9.17, 15) is 0 Å². The third-order valence-electron chi connectivity index (χ3n) is 3.39. The van der Waals surface area contributed by atoms with Crippen molar-refractivity contribution >= 4 is 5.69 Å². The van der Waals surface area contributed by atoms with Gasteiger partial charge in [-0.3, -0.25) is 0 Å². The molecule has 2 nitrogen and oxygen atoms in total. The highest BCUT2D eigenvalue weighted by molar-refractivity contribution is 5.51. The quantitative estimate of drug-likeness (QED) is 0.770. The molecule has 0 fully saturated rings. The van der Waals surface area contributed by atoms with E-state index >= 15 is 0 Å². The van der Waals surface area contributed by atoms with Crippen molar-refractivity contribution in [2.24, 2.45) is 0 Å². The Hall–Kier alpha value is -2.22. The van der Waals surface area contributed by atoms with Gasteiger partial charge in [0.25, 0.3) is 0 Å². The van der Waals surface area contributed by atoms with Crippen molar-refractivity contribution < 1.29 is 4.74 Å². The van der Waals surface area contributed by atoms with Gasteiger partial charge in [-0.2, -0.15) is 0 Å². The second-order valence-corrected chi connectivity index (χ2v) is 4.71. The van der Waals surface area contributed by atoms with E-state index in [-0.39, 0.29) is 0 Å². The van der Waals surface area contributed by atoms with Gasteiger partial charge in [0.1, 0.15) is 5.75 Å². The number of allylic oxidation sites excluding steroid dienone is 1. The number of rotatable bonds is 3. The van der Waals surface area contributed by atoms with Crippen molar-refractivity contribution in [3.63, 3.8) is 0 Å². The summed E-state index contributed by atoms with van der Waals surface area (Å²) in [5.74, 6) is 1.04. The van der Waals surface area contributed by atoms with Crippen molar-refractivity contribution in [2.75, 3.05) is 11.6 Å². The predicted octanol–water partition coefficient (Wildman–Crippen LogP) is 3.77. The average Bonchev–Trinajstić information content (AvgIpc) is 2.48. The number of fused-ring (bicyclic) bond motifs is 1. The first-order valence-corrected chi connectivity index (χ1v) is 6.53. The highest BCUT2D eigenvalue weighted by Crippen LogP contribution is 2.31. The molecular weight excluding hydrogens is 234 g/mol. The molecule has 2 aromatic carbocycles. The van der Waals surface area contributed by atoms with E-state index in [1.807, 2.05) is 12.1 Å². The Labute approximate surface area is 113 Å². The molecule has 0 N–H and O–H groups in total. The van der Waals surface area contributed by atoms with Gasteiger partial charge in [0.2, 0.25) is 0 Å². The lowest BCUT2D eigenvalue weighted by Gasteiger charge is -2.31. The van der Waals surface area contributed by atoms with Crippen LogP contribution in [0, 0.1) is 0 Å². The van der Waals surface area contributed by atoms with Crippen LogP contribution in [0.2, 0.25) is 0 Å². The summed E-state index contributed by atoms with van der Waals surface area (Å²) in [6.45, 7) is 5.30. The maximum Gasteiger partial charge on any atom is 0.161 e. The number of anilines is 1. The number of para-hydroxylation sites is 2. The Kier molecular flexibility index (Phi) is 3.23. The summed E-state index contributed by atoms with van der Waals surface area (Å²) in [6.07, 6.45) is 2.77. The fourth-order valence-electron chi connectivity index (χ4n) is 2.46. The van der Waals surface area contributed by atoms with Crippen molar-refractivity contribution in [3.05, 3.63) is 72.3 Å². The fourth-order valence-corrected chi connectivity index (χ4v) is 2.46. The van der Waals surface area contributed by atoms with Crippen LogP contribution in [-0.2, 0) is 13.0 Å². The molecule has 1 heterocycles. The van der Waals surface area contributed by atoms with Gasteiger partial charge < -0.3 is 9.64 Å². The van der Waals surface area contributed by atoms with E-state index in [4.69, 9.17) is 4.74 Å². The molecule has 2 heteroatoms. The third-order valence-corrected chi connectivity index (χ3v) is 3.39. The molecule has 0 saturated carbocycles. The Bertz CT molecular complexity index is 577. The third kappa shape index (κ3) is 2.34. The second kappa shape index (κ2) is 5.19. The van der Waals surface area contributed by atoms with Crippen LogP contribution in [0.25, 0.3) is 0 Å². The zero-order valence-corrected chi connectivity index (χ0v) is 10.9. The van der Waals surface area contributed by atoms with Crippen LogP contribution in [-0.4, -0.2) is 6.73 Å². The molecule has 0 radical (unpaired) electrons. The molecule has 1 aliphatic rings. The zero-order chi connectivity index (χ0) is 13.1. The first kappa shape index (κ1) is 11.8.